The number of rotatable bonds is 4. The molecule has 0 aliphatic carbocycles. The summed E-state index contributed by atoms with van der Waals surface area (Å²) in [4.78, 5) is 2.45. The summed E-state index contributed by atoms with van der Waals surface area (Å²) in [5.74, 6) is 0. The molecule has 112 valence electrons. The molecule has 0 saturated carbocycles. The Morgan fingerprint density at radius 3 is 2.55 bits per heavy atom. The van der Waals surface area contributed by atoms with E-state index in [2.05, 4.69) is 9.62 Å². The molecule has 5 nitrogen and oxygen atoms in total. The largest absolute Gasteiger partial charge is 0.394 e. The van der Waals surface area contributed by atoms with Gasteiger partial charge < -0.3 is 10.0 Å². The van der Waals surface area contributed by atoms with Crippen molar-refractivity contribution >= 4 is 15.7 Å². The smallest absolute Gasteiger partial charge is 0.240 e. The molecule has 1 aromatic carbocycles. The molecule has 1 aliphatic heterocycles. The van der Waals surface area contributed by atoms with E-state index in [1.165, 1.54) is 13.5 Å². The van der Waals surface area contributed by atoms with Crippen molar-refractivity contribution in [3.05, 3.63) is 24.3 Å². The molecule has 20 heavy (non-hydrogen) atoms. The van der Waals surface area contributed by atoms with E-state index in [1.54, 1.807) is 12.1 Å². The summed E-state index contributed by atoms with van der Waals surface area (Å²) in [5, 5.41) is 9.52. The fraction of sp³-hybridized carbons (Fsp3) is 0.571. The molecule has 1 fully saturated rings. The molecule has 1 atom stereocenters. The normalized spacial score (nSPS) is 20.7. The highest BCUT2D eigenvalue weighted by molar-refractivity contribution is 7.89. The molecule has 1 aliphatic rings. The summed E-state index contributed by atoms with van der Waals surface area (Å²) in [5.41, 5.74) is 0.973. The Balaban J connectivity index is 2.24. The van der Waals surface area contributed by atoms with Crippen molar-refractivity contribution in [3.63, 3.8) is 0 Å². The molecule has 0 radical (unpaired) electrons. The zero-order valence-corrected chi connectivity index (χ0v) is 12.6. The Kier molecular flexibility index (Phi) is 5.01. The molecule has 0 aromatic heterocycles. The first kappa shape index (κ1) is 15.3. The summed E-state index contributed by atoms with van der Waals surface area (Å²) in [6.45, 7) is 1.04. The quantitative estimate of drug-likeness (QED) is 0.880. The Hall–Kier alpha value is -1.11. The van der Waals surface area contributed by atoms with E-state index in [-0.39, 0.29) is 17.5 Å². The van der Waals surface area contributed by atoms with Crippen molar-refractivity contribution < 1.29 is 13.5 Å². The minimum Gasteiger partial charge on any atom is -0.394 e. The monoisotopic (exact) mass is 298 g/mol. The average molecular weight is 298 g/mol. The number of nitrogens with zero attached hydrogens (tertiary/aromatic N) is 1. The number of benzene rings is 1. The van der Waals surface area contributed by atoms with Gasteiger partial charge >= 0.3 is 0 Å². The number of nitrogens with one attached hydrogen (secondary N) is 1. The number of aliphatic hydroxyl groups is 1. The maximum Gasteiger partial charge on any atom is 0.240 e. The molecular formula is C14H22N2O3S. The number of aliphatic hydroxyl groups excluding tert-OH is 1. The molecular weight excluding hydrogens is 276 g/mol. The van der Waals surface area contributed by atoms with E-state index in [9.17, 15) is 13.5 Å². The number of anilines is 1. The van der Waals surface area contributed by atoms with Gasteiger partial charge in [0.15, 0.2) is 0 Å². The topological polar surface area (TPSA) is 69.6 Å². The summed E-state index contributed by atoms with van der Waals surface area (Å²) < 4.78 is 25.7. The summed E-state index contributed by atoms with van der Waals surface area (Å²) in [6, 6.07) is 6.99. The Morgan fingerprint density at radius 1 is 1.25 bits per heavy atom. The molecule has 2 N–H and O–H groups in total. The van der Waals surface area contributed by atoms with Crippen LogP contribution >= 0.6 is 0 Å². The van der Waals surface area contributed by atoms with E-state index in [4.69, 9.17) is 0 Å². The number of hydrogen-bond donors (Lipinski definition) is 2. The van der Waals surface area contributed by atoms with Crippen molar-refractivity contribution in [3.8, 4) is 0 Å². The van der Waals surface area contributed by atoms with Crippen LogP contribution in [0.5, 0.6) is 0 Å². The van der Waals surface area contributed by atoms with Gasteiger partial charge in [-0.25, -0.2) is 13.1 Å². The second-order valence-electron chi connectivity index (χ2n) is 5.08. The van der Waals surface area contributed by atoms with Gasteiger partial charge in [0.1, 0.15) is 0 Å². The minimum atomic E-state index is -3.39. The van der Waals surface area contributed by atoms with Crippen LogP contribution in [0.1, 0.15) is 25.7 Å². The first-order chi connectivity index (χ1) is 9.58. The molecule has 0 spiro atoms. The second kappa shape index (κ2) is 6.56. The highest BCUT2D eigenvalue weighted by Crippen LogP contribution is 2.25. The Morgan fingerprint density at radius 2 is 1.95 bits per heavy atom. The lowest BCUT2D eigenvalue weighted by Gasteiger charge is -2.31. The minimum absolute atomic E-state index is 0.129. The van der Waals surface area contributed by atoms with Crippen LogP contribution < -0.4 is 9.62 Å². The van der Waals surface area contributed by atoms with Gasteiger partial charge in [0, 0.05) is 12.2 Å². The van der Waals surface area contributed by atoms with Crippen LogP contribution in [0.15, 0.2) is 29.2 Å². The van der Waals surface area contributed by atoms with Crippen molar-refractivity contribution in [2.24, 2.45) is 0 Å². The van der Waals surface area contributed by atoms with Gasteiger partial charge in [0.2, 0.25) is 10.0 Å². The molecule has 1 unspecified atom stereocenters. The van der Waals surface area contributed by atoms with E-state index in [0.717, 1.165) is 31.5 Å². The van der Waals surface area contributed by atoms with Crippen LogP contribution in [0.4, 0.5) is 5.69 Å². The number of hydrogen-bond acceptors (Lipinski definition) is 4. The lowest BCUT2D eigenvalue weighted by molar-refractivity contribution is 0.255. The third kappa shape index (κ3) is 3.31. The van der Waals surface area contributed by atoms with Gasteiger partial charge in [-0.15, -0.1) is 0 Å². The third-order valence-electron chi connectivity index (χ3n) is 3.84. The van der Waals surface area contributed by atoms with E-state index in [0.29, 0.717) is 0 Å². The summed E-state index contributed by atoms with van der Waals surface area (Å²) in [7, 11) is -1.99. The fourth-order valence-electron chi connectivity index (χ4n) is 2.64. The maximum atomic E-state index is 11.7. The Labute approximate surface area is 120 Å². The van der Waals surface area contributed by atoms with Crippen molar-refractivity contribution in [1.82, 2.24) is 4.72 Å². The van der Waals surface area contributed by atoms with Crippen LogP contribution in [0.3, 0.4) is 0 Å². The lowest BCUT2D eigenvalue weighted by atomic mass is 10.1. The first-order valence-corrected chi connectivity index (χ1v) is 8.48. The SMILES string of the molecule is CNS(=O)(=O)c1ccc(N2CCCCCC2CO)cc1. The second-order valence-corrected chi connectivity index (χ2v) is 6.97. The molecule has 0 bridgehead atoms. The molecule has 6 heteroatoms. The molecule has 2 rings (SSSR count). The van der Waals surface area contributed by atoms with E-state index < -0.39 is 10.0 Å². The van der Waals surface area contributed by atoms with Crippen molar-refractivity contribution in [2.75, 3.05) is 25.1 Å². The zero-order valence-electron chi connectivity index (χ0n) is 11.7. The van der Waals surface area contributed by atoms with Gasteiger partial charge in [0.25, 0.3) is 0 Å². The van der Waals surface area contributed by atoms with Gasteiger partial charge in [-0.2, -0.15) is 0 Å². The van der Waals surface area contributed by atoms with E-state index in [1.807, 2.05) is 12.1 Å². The third-order valence-corrected chi connectivity index (χ3v) is 5.27. The summed E-state index contributed by atoms with van der Waals surface area (Å²) in [6.07, 6.45) is 4.40. The zero-order chi connectivity index (χ0) is 14.6. The van der Waals surface area contributed by atoms with Crippen LogP contribution in [-0.2, 0) is 10.0 Å². The molecule has 0 amide bonds. The van der Waals surface area contributed by atoms with Crippen LogP contribution in [-0.4, -0.2) is 39.8 Å². The highest BCUT2D eigenvalue weighted by Gasteiger charge is 2.21. The molecule has 1 heterocycles. The van der Waals surface area contributed by atoms with Crippen molar-refractivity contribution in [1.29, 1.82) is 0 Å². The van der Waals surface area contributed by atoms with Crippen LogP contribution in [0.2, 0.25) is 0 Å². The van der Waals surface area contributed by atoms with Crippen LogP contribution in [0.25, 0.3) is 0 Å². The van der Waals surface area contributed by atoms with Crippen LogP contribution in [0, 0.1) is 0 Å². The molecule has 1 aromatic rings. The fourth-order valence-corrected chi connectivity index (χ4v) is 3.37. The lowest BCUT2D eigenvalue weighted by Crippen LogP contribution is -2.37. The van der Waals surface area contributed by atoms with E-state index >= 15 is 0 Å². The van der Waals surface area contributed by atoms with Crippen molar-refractivity contribution in [2.45, 2.75) is 36.6 Å². The van der Waals surface area contributed by atoms with Gasteiger partial charge in [-0.05, 0) is 44.2 Å². The highest BCUT2D eigenvalue weighted by atomic mass is 32.2. The average Bonchev–Trinajstić information content (AvgIpc) is 2.72. The maximum absolute atomic E-state index is 11.7. The number of sulfonamides is 1. The predicted octanol–water partition coefficient (Wildman–Crippen LogP) is 1.34. The first-order valence-electron chi connectivity index (χ1n) is 6.99. The van der Waals surface area contributed by atoms with Gasteiger partial charge in [-0.3, -0.25) is 0 Å². The molecule has 1 saturated heterocycles. The van der Waals surface area contributed by atoms with Gasteiger partial charge in [0.05, 0.1) is 17.5 Å². The standard InChI is InChI=1S/C14H22N2O3S/c1-15-20(18,19)14-8-6-12(7-9-14)16-10-4-2-3-5-13(16)11-17/h6-9,13,15,17H,2-5,10-11H2,1H3. The van der Waals surface area contributed by atoms with Gasteiger partial charge in [-0.1, -0.05) is 12.8 Å². The summed E-state index contributed by atoms with van der Waals surface area (Å²) >= 11 is 0. The Bertz CT molecular complexity index is 528. The predicted molar refractivity (Wildman–Crippen MR) is 79.4 cm³/mol.